The maximum atomic E-state index is 10.1. The maximum absolute atomic E-state index is 10.1. The second-order valence-corrected chi connectivity index (χ2v) is 11.0. The van der Waals surface area contributed by atoms with Crippen LogP contribution in [0.1, 0.15) is 91.9 Å². The topological polar surface area (TPSA) is 40.5 Å². The van der Waals surface area contributed by atoms with Gasteiger partial charge in [0.05, 0.1) is 12.2 Å². The van der Waals surface area contributed by atoms with Crippen LogP contribution < -0.4 is 0 Å². The Hall–Kier alpha value is -0.860. The molecular formula is C27H44O2. The highest BCUT2D eigenvalue weighted by Crippen LogP contribution is 2.59. The molecule has 3 rings (SSSR count). The van der Waals surface area contributed by atoms with Gasteiger partial charge in [-0.2, -0.15) is 0 Å². The van der Waals surface area contributed by atoms with E-state index in [-0.39, 0.29) is 0 Å². The number of aliphatic hydroxyl groups excluding tert-OH is 2. The zero-order valence-electron chi connectivity index (χ0n) is 19.3. The van der Waals surface area contributed by atoms with Crippen molar-refractivity contribution in [1.29, 1.82) is 0 Å². The van der Waals surface area contributed by atoms with E-state index >= 15 is 0 Å². The second kappa shape index (κ2) is 9.52. The zero-order chi connectivity index (χ0) is 21.2. The Morgan fingerprint density at radius 3 is 2.62 bits per heavy atom. The minimum Gasteiger partial charge on any atom is -0.393 e. The largest absolute Gasteiger partial charge is 0.393 e. The summed E-state index contributed by atoms with van der Waals surface area (Å²) in [6.45, 7) is 13.8. The van der Waals surface area contributed by atoms with Crippen LogP contribution in [0.4, 0.5) is 0 Å². The molecule has 2 N–H and O–H groups in total. The maximum Gasteiger partial charge on any atom is 0.0811 e. The van der Waals surface area contributed by atoms with Gasteiger partial charge in [0.2, 0.25) is 0 Å². The van der Waals surface area contributed by atoms with Gasteiger partial charge in [0.1, 0.15) is 0 Å². The van der Waals surface area contributed by atoms with E-state index in [0.29, 0.717) is 24.2 Å². The highest BCUT2D eigenvalue weighted by molar-refractivity contribution is 5.38. The summed E-state index contributed by atoms with van der Waals surface area (Å²) in [6, 6.07) is 0. The molecule has 0 aliphatic heterocycles. The van der Waals surface area contributed by atoms with Crippen molar-refractivity contribution in [3.05, 3.63) is 35.5 Å². The first-order valence-corrected chi connectivity index (χ1v) is 12.2. The Balaban J connectivity index is 1.71. The van der Waals surface area contributed by atoms with E-state index in [9.17, 15) is 10.2 Å². The van der Waals surface area contributed by atoms with Gasteiger partial charge in [-0.15, -0.1) is 0 Å². The SMILES string of the molecule is C=C1/C(=C\C=C2\CCC[C@@]3(C)[C@@H]2CC[C@@H]3[C@H](C)CCCC(C)C)C[C@@H](O)C[C@@H]1O. The average molecular weight is 401 g/mol. The summed E-state index contributed by atoms with van der Waals surface area (Å²) in [5, 5.41) is 20.2. The molecule has 0 heterocycles. The fraction of sp³-hybridized carbons (Fsp3) is 0.778. The van der Waals surface area contributed by atoms with Gasteiger partial charge in [0.15, 0.2) is 0 Å². The van der Waals surface area contributed by atoms with Gasteiger partial charge in [-0.25, -0.2) is 0 Å². The molecule has 6 atom stereocenters. The van der Waals surface area contributed by atoms with E-state index in [2.05, 4.69) is 46.4 Å². The molecule has 0 aromatic rings. The predicted octanol–water partition coefficient (Wildman–Crippen LogP) is 6.59. The van der Waals surface area contributed by atoms with E-state index in [1.807, 2.05) is 0 Å². The normalized spacial score (nSPS) is 39.3. The molecule has 2 nitrogen and oxygen atoms in total. The van der Waals surface area contributed by atoms with E-state index in [0.717, 1.165) is 28.9 Å². The zero-order valence-corrected chi connectivity index (χ0v) is 19.3. The first-order chi connectivity index (χ1) is 13.7. The van der Waals surface area contributed by atoms with Crippen molar-refractivity contribution >= 4 is 0 Å². The van der Waals surface area contributed by atoms with Gasteiger partial charge in [-0.1, -0.05) is 71.3 Å². The van der Waals surface area contributed by atoms with Crippen molar-refractivity contribution in [2.24, 2.45) is 29.1 Å². The minimum atomic E-state index is -0.595. The highest BCUT2D eigenvalue weighted by atomic mass is 16.3. The van der Waals surface area contributed by atoms with Crippen molar-refractivity contribution in [2.45, 2.75) is 104 Å². The van der Waals surface area contributed by atoms with Crippen LogP contribution in [0.25, 0.3) is 0 Å². The van der Waals surface area contributed by atoms with Crippen LogP contribution in [-0.2, 0) is 0 Å². The highest BCUT2D eigenvalue weighted by Gasteiger charge is 2.50. The second-order valence-electron chi connectivity index (χ2n) is 11.0. The van der Waals surface area contributed by atoms with Crippen LogP contribution in [0.2, 0.25) is 0 Å². The summed E-state index contributed by atoms with van der Waals surface area (Å²) in [4.78, 5) is 0. The summed E-state index contributed by atoms with van der Waals surface area (Å²) in [5.41, 5.74) is 3.88. The number of hydrogen-bond acceptors (Lipinski definition) is 2. The molecule has 0 saturated heterocycles. The van der Waals surface area contributed by atoms with E-state index in [4.69, 9.17) is 0 Å². The molecule has 3 aliphatic carbocycles. The molecule has 0 aromatic carbocycles. The Labute approximate surface area is 179 Å². The third kappa shape index (κ3) is 5.07. The van der Waals surface area contributed by atoms with Gasteiger partial charge < -0.3 is 10.2 Å². The lowest BCUT2D eigenvalue weighted by Gasteiger charge is -2.44. The molecule has 0 radical (unpaired) electrons. The summed E-state index contributed by atoms with van der Waals surface area (Å²) >= 11 is 0. The number of fused-ring (bicyclic) bond motifs is 1. The molecule has 164 valence electrons. The van der Waals surface area contributed by atoms with Gasteiger partial charge in [-0.05, 0) is 78.8 Å². The van der Waals surface area contributed by atoms with Crippen molar-refractivity contribution in [2.75, 3.05) is 0 Å². The van der Waals surface area contributed by atoms with E-state index < -0.39 is 12.2 Å². The summed E-state index contributed by atoms with van der Waals surface area (Å²) in [7, 11) is 0. The molecular weight excluding hydrogens is 356 g/mol. The third-order valence-electron chi connectivity index (χ3n) is 8.43. The van der Waals surface area contributed by atoms with Crippen LogP contribution in [0.3, 0.4) is 0 Å². The van der Waals surface area contributed by atoms with Gasteiger partial charge in [0, 0.05) is 6.42 Å². The van der Waals surface area contributed by atoms with Gasteiger partial charge >= 0.3 is 0 Å². The average Bonchev–Trinajstić information content (AvgIpc) is 3.00. The van der Waals surface area contributed by atoms with E-state index in [1.165, 1.54) is 51.4 Å². The number of allylic oxidation sites excluding steroid dienone is 3. The molecule has 0 aromatic heterocycles. The van der Waals surface area contributed by atoms with Crippen LogP contribution in [0.15, 0.2) is 35.5 Å². The number of rotatable bonds is 6. The Morgan fingerprint density at radius 1 is 1.14 bits per heavy atom. The quantitative estimate of drug-likeness (QED) is 0.528. The first-order valence-electron chi connectivity index (χ1n) is 12.2. The van der Waals surface area contributed by atoms with Crippen LogP contribution in [0.5, 0.6) is 0 Å². The molecule has 2 heteroatoms. The Bertz CT molecular complexity index is 643. The Kier molecular flexibility index (Phi) is 7.49. The van der Waals surface area contributed by atoms with Crippen molar-refractivity contribution in [1.82, 2.24) is 0 Å². The molecule has 0 spiro atoms. The summed E-state index contributed by atoms with van der Waals surface area (Å²) < 4.78 is 0. The standard InChI is InChI=1S/C27H44O2/c1-18(2)8-6-9-19(3)24-13-14-25-21(10-7-15-27(24,25)5)11-12-22-16-23(28)17-26(29)20(22)4/h11-12,18-19,23-26,28-29H,4,6-10,13-17H2,1-3,5H3/b21-11-,22-12-/t19-,23-,24-,25-,26+,27-/m1/s1. The summed E-state index contributed by atoms with van der Waals surface area (Å²) in [6.07, 6.45) is 15.2. The summed E-state index contributed by atoms with van der Waals surface area (Å²) in [5.74, 6) is 3.20. The van der Waals surface area contributed by atoms with Crippen LogP contribution in [-0.4, -0.2) is 22.4 Å². The van der Waals surface area contributed by atoms with Crippen molar-refractivity contribution < 1.29 is 10.2 Å². The van der Waals surface area contributed by atoms with Crippen LogP contribution in [0, 0.1) is 29.1 Å². The molecule has 0 bridgehead atoms. The lowest BCUT2D eigenvalue weighted by molar-refractivity contribution is 0.0861. The number of aliphatic hydroxyl groups is 2. The van der Waals surface area contributed by atoms with Crippen molar-refractivity contribution in [3.63, 3.8) is 0 Å². The fourth-order valence-electron chi connectivity index (χ4n) is 6.73. The van der Waals surface area contributed by atoms with Crippen molar-refractivity contribution in [3.8, 4) is 0 Å². The predicted molar refractivity (Wildman–Crippen MR) is 123 cm³/mol. The van der Waals surface area contributed by atoms with Crippen LogP contribution >= 0.6 is 0 Å². The number of hydrogen-bond donors (Lipinski definition) is 2. The lowest BCUT2D eigenvalue weighted by Crippen LogP contribution is -2.36. The minimum absolute atomic E-state index is 0.420. The third-order valence-corrected chi connectivity index (χ3v) is 8.43. The molecule has 0 unspecified atom stereocenters. The smallest absolute Gasteiger partial charge is 0.0811 e. The molecule has 3 fully saturated rings. The van der Waals surface area contributed by atoms with Gasteiger partial charge in [0.25, 0.3) is 0 Å². The monoisotopic (exact) mass is 400 g/mol. The van der Waals surface area contributed by atoms with E-state index in [1.54, 1.807) is 5.57 Å². The first kappa shape index (κ1) is 22.8. The molecule has 29 heavy (non-hydrogen) atoms. The fourth-order valence-corrected chi connectivity index (χ4v) is 6.73. The van der Waals surface area contributed by atoms with Gasteiger partial charge in [-0.3, -0.25) is 0 Å². The Morgan fingerprint density at radius 2 is 1.90 bits per heavy atom. The molecule has 3 aliphatic rings. The lowest BCUT2D eigenvalue weighted by atomic mass is 9.60. The molecule has 0 amide bonds. The molecule has 3 saturated carbocycles.